The summed E-state index contributed by atoms with van der Waals surface area (Å²) in [6.45, 7) is 1.60. The van der Waals surface area contributed by atoms with E-state index in [0.29, 0.717) is 44.2 Å². The number of carbonyl (C=O) groups is 2. The fourth-order valence-electron chi connectivity index (χ4n) is 6.00. The number of piperazine rings is 1. The van der Waals surface area contributed by atoms with Crippen LogP contribution in [-0.2, 0) is 4.74 Å². The summed E-state index contributed by atoms with van der Waals surface area (Å²) in [6, 6.07) is 11.4. The van der Waals surface area contributed by atoms with E-state index in [1.54, 1.807) is 18.3 Å². The number of hydrogen-bond acceptors (Lipinski definition) is 6. The van der Waals surface area contributed by atoms with Crippen LogP contribution in [-0.4, -0.2) is 82.9 Å². The van der Waals surface area contributed by atoms with E-state index in [1.807, 2.05) is 34.9 Å². The summed E-state index contributed by atoms with van der Waals surface area (Å²) in [5.74, 6) is -2.62. The highest BCUT2D eigenvalue weighted by Crippen LogP contribution is 2.41. The second-order valence-electron chi connectivity index (χ2n) is 10.7. The van der Waals surface area contributed by atoms with Crippen LogP contribution >= 0.6 is 0 Å². The van der Waals surface area contributed by atoms with Gasteiger partial charge in [0.15, 0.2) is 5.69 Å². The van der Waals surface area contributed by atoms with Gasteiger partial charge in [-0.15, -0.1) is 0 Å². The number of carbonyl (C=O) groups excluding carboxylic acids is 2. The van der Waals surface area contributed by atoms with Crippen molar-refractivity contribution in [3.63, 3.8) is 0 Å². The number of rotatable bonds is 8. The largest absolute Gasteiger partial charge is 0.385 e. The van der Waals surface area contributed by atoms with Crippen LogP contribution in [0, 0.1) is 11.6 Å². The van der Waals surface area contributed by atoms with Crippen LogP contribution in [0.2, 0.25) is 0 Å². The van der Waals surface area contributed by atoms with Gasteiger partial charge in [0.1, 0.15) is 17.2 Å². The lowest BCUT2D eigenvalue weighted by molar-refractivity contribution is -0.0893. The number of halogens is 2. The Labute approximate surface area is 237 Å². The van der Waals surface area contributed by atoms with Crippen molar-refractivity contribution in [1.29, 1.82) is 0 Å². The average Bonchev–Trinajstić information content (AvgIpc) is 3.40. The molecule has 0 bridgehead atoms. The molecule has 3 atom stereocenters. The minimum atomic E-state index is -1.10. The lowest BCUT2D eigenvalue weighted by Crippen LogP contribution is -2.57. The van der Waals surface area contributed by atoms with E-state index < -0.39 is 29.2 Å². The van der Waals surface area contributed by atoms with E-state index >= 15 is 0 Å². The Hall–Kier alpha value is -3.67. The maximum Gasteiger partial charge on any atom is 0.275 e. The molecular weight excluding hydrogens is 532 g/mol. The maximum absolute atomic E-state index is 14.1. The highest BCUT2D eigenvalue weighted by atomic mass is 19.1. The number of amides is 2. The predicted octanol–water partition coefficient (Wildman–Crippen LogP) is 3.16. The first-order chi connectivity index (χ1) is 19.8. The number of aliphatic hydroxyl groups is 1. The zero-order chi connectivity index (χ0) is 29.0. The molecular formula is C30H35F2N5O4. The molecule has 0 radical (unpaired) electrons. The average molecular weight is 568 g/mol. The second-order valence-corrected chi connectivity index (χ2v) is 10.7. The van der Waals surface area contributed by atoms with Crippen molar-refractivity contribution in [2.75, 3.05) is 39.9 Å². The van der Waals surface area contributed by atoms with Crippen LogP contribution in [0.1, 0.15) is 52.6 Å². The van der Waals surface area contributed by atoms with Gasteiger partial charge in [-0.25, -0.2) is 13.8 Å². The topological polar surface area (TPSA) is 109 Å². The maximum atomic E-state index is 14.1. The Balaban J connectivity index is 1.44. The first kappa shape index (κ1) is 28.8. The second kappa shape index (κ2) is 12.5. The number of ether oxygens (including phenoxy) is 1. The summed E-state index contributed by atoms with van der Waals surface area (Å²) in [7, 11) is 1.57. The molecule has 3 N–H and O–H groups in total. The molecule has 5 rings (SSSR count). The quantitative estimate of drug-likeness (QED) is 0.386. The zero-order valence-corrected chi connectivity index (χ0v) is 23.0. The van der Waals surface area contributed by atoms with Gasteiger partial charge in [-0.1, -0.05) is 43.2 Å². The fraction of sp³-hybridized carbons (Fsp3) is 0.433. The van der Waals surface area contributed by atoms with E-state index in [1.165, 1.54) is 0 Å². The van der Waals surface area contributed by atoms with Crippen molar-refractivity contribution >= 4 is 11.8 Å². The molecule has 1 saturated heterocycles. The summed E-state index contributed by atoms with van der Waals surface area (Å²) in [6.07, 6.45) is 4.74. The van der Waals surface area contributed by atoms with Crippen molar-refractivity contribution in [3.8, 4) is 11.3 Å². The van der Waals surface area contributed by atoms with Crippen molar-refractivity contribution in [2.24, 2.45) is 0 Å². The number of nitrogens with zero attached hydrogens (tertiary/aromatic N) is 3. The number of benzene rings is 2. The number of hydrogen-bond donors (Lipinski definition) is 3. The molecule has 0 unspecified atom stereocenters. The molecule has 2 heterocycles. The highest BCUT2D eigenvalue weighted by molar-refractivity contribution is 5.99. The van der Waals surface area contributed by atoms with E-state index in [9.17, 15) is 23.5 Å². The van der Waals surface area contributed by atoms with Crippen LogP contribution in [0.3, 0.4) is 0 Å². The molecule has 1 aromatic heterocycles. The minimum Gasteiger partial charge on any atom is -0.385 e. The molecule has 41 heavy (non-hydrogen) atoms. The van der Waals surface area contributed by atoms with Crippen molar-refractivity contribution < 1.29 is 28.2 Å². The first-order valence-corrected chi connectivity index (χ1v) is 13.9. The SMILES string of the molecule is COC[C@]1(O)CCCC[C@H]1n1cnc(C(=O)N2CCNC[C@H]2CNC(=O)c2cc(F)cc(F)c2)c1-c1ccccc1. The van der Waals surface area contributed by atoms with E-state index in [4.69, 9.17) is 4.74 Å². The van der Waals surface area contributed by atoms with Crippen molar-refractivity contribution in [2.45, 2.75) is 43.4 Å². The molecule has 2 amide bonds. The minimum absolute atomic E-state index is 0.0767. The van der Waals surface area contributed by atoms with Gasteiger partial charge >= 0.3 is 0 Å². The standard InChI is InChI=1S/C30H35F2N5O4/c1-41-18-30(40)10-6-5-9-25(30)37-19-35-26(27(37)20-7-3-2-4-8-20)29(39)36-12-11-33-16-24(36)17-34-28(38)21-13-22(31)15-23(32)14-21/h2-4,7-8,13-15,19,24-25,33,40H,5-6,9-12,16-18H2,1H3,(H,34,38)/t24-,25+,30+/m0/s1. The van der Waals surface area contributed by atoms with Gasteiger partial charge in [0.25, 0.3) is 11.8 Å². The van der Waals surface area contributed by atoms with Crippen LogP contribution in [0.15, 0.2) is 54.9 Å². The molecule has 218 valence electrons. The summed E-state index contributed by atoms with van der Waals surface area (Å²) < 4.78 is 34.6. The summed E-state index contributed by atoms with van der Waals surface area (Å²) in [4.78, 5) is 33.0. The lowest BCUT2D eigenvalue weighted by Gasteiger charge is -2.41. The Morgan fingerprint density at radius 3 is 2.66 bits per heavy atom. The molecule has 2 aliphatic rings. The number of nitrogens with one attached hydrogen (secondary N) is 2. The molecule has 3 aromatic rings. The van der Waals surface area contributed by atoms with Crippen molar-refractivity contribution in [3.05, 3.63) is 77.8 Å². The third kappa shape index (κ3) is 6.17. The Bertz CT molecular complexity index is 1360. The first-order valence-electron chi connectivity index (χ1n) is 13.9. The van der Waals surface area contributed by atoms with Crippen molar-refractivity contribution in [1.82, 2.24) is 25.1 Å². The van der Waals surface area contributed by atoms with Crippen LogP contribution in [0.25, 0.3) is 11.3 Å². The van der Waals surface area contributed by atoms with Gasteiger partial charge in [-0.05, 0) is 25.0 Å². The third-order valence-corrected chi connectivity index (χ3v) is 7.97. The van der Waals surface area contributed by atoms with E-state index in [2.05, 4.69) is 15.6 Å². The van der Waals surface area contributed by atoms with Gasteiger partial charge in [0.05, 0.1) is 30.7 Å². The van der Waals surface area contributed by atoms with Gasteiger partial charge in [-0.2, -0.15) is 0 Å². The highest BCUT2D eigenvalue weighted by Gasteiger charge is 2.42. The Morgan fingerprint density at radius 1 is 1.17 bits per heavy atom. The molecule has 2 aromatic carbocycles. The summed E-state index contributed by atoms with van der Waals surface area (Å²) in [5.41, 5.74) is 0.438. The Kier molecular flexibility index (Phi) is 8.77. The summed E-state index contributed by atoms with van der Waals surface area (Å²) in [5, 5.41) is 17.5. The zero-order valence-electron chi connectivity index (χ0n) is 23.0. The van der Waals surface area contributed by atoms with Gasteiger partial charge in [0, 0.05) is 50.5 Å². The fourth-order valence-corrected chi connectivity index (χ4v) is 6.00. The number of methoxy groups -OCH3 is 1. The molecule has 1 saturated carbocycles. The van der Waals surface area contributed by atoms with E-state index in [-0.39, 0.29) is 36.4 Å². The van der Waals surface area contributed by atoms with Gasteiger partial charge < -0.3 is 29.9 Å². The summed E-state index contributed by atoms with van der Waals surface area (Å²) >= 11 is 0. The lowest BCUT2D eigenvalue weighted by atomic mass is 9.80. The molecule has 2 fully saturated rings. The third-order valence-electron chi connectivity index (χ3n) is 7.97. The molecule has 9 nitrogen and oxygen atoms in total. The number of aromatic nitrogens is 2. The normalized spacial score (nSPS) is 22.9. The van der Waals surface area contributed by atoms with Gasteiger partial charge in [0.2, 0.25) is 0 Å². The van der Waals surface area contributed by atoms with Gasteiger partial charge in [-0.3, -0.25) is 9.59 Å². The van der Waals surface area contributed by atoms with Crippen LogP contribution in [0.4, 0.5) is 8.78 Å². The molecule has 11 heteroatoms. The molecule has 1 aliphatic heterocycles. The van der Waals surface area contributed by atoms with Crippen LogP contribution in [0.5, 0.6) is 0 Å². The Morgan fingerprint density at radius 2 is 1.93 bits per heavy atom. The van der Waals surface area contributed by atoms with Crippen LogP contribution < -0.4 is 10.6 Å². The predicted molar refractivity (Wildman–Crippen MR) is 148 cm³/mol. The smallest absolute Gasteiger partial charge is 0.275 e. The monoisotopic (exact) mass is 567 g/mol. The van der Waals surface area contributed by atoms with E-state index in [0.717, 1.165) is 30.5 Å². The molecule has 1 aliphatic carbocycles. The molecule has 0 spiro atoms. The number of imidazole rings is 1.